The molecule has 0 spiro atoms. The van der Waals surface area contributed by atoms with Gasteiger partial charge in [-0.3, -0.25) is 14.9 Å². The van der Waals surface area contributed by atoms with Crippen LogP contribution in [0.2, 0.25) is 0 Å². The first-order valence-corrected chi connectivity index (χ1v) is 11.1. The van der Waals surface area contributed by atoms with Crippen molar-refractivity contribution >= 4 is 17.5 Å². The number of carbonyl (C=O) groups is 2. The molecule has 164 valence electrons. The van der Waals surface area contributed by atoms with Gasteiger partial charge in [0.25, 0.3) is 5.91 Å². The summed E-state index contributed by atoms with van der Waals surface area (Å²) in [7, 11) is 0. The second-order valence-corrected chi connectivity index (χ2v) is 8.41. The molecule has 2 amide bonds. The van der Waals surface area contributed by atoms with Gasteiger partial charge in [0.1, 0.15) is 0 Å². The topological polar surface area (TPSA) is 70.2 Å². The molecule has 0 unspecified atom stereocenters. The van der Waals surface area contributed by atoms with Crippen molar-refractivity contribution in [2.75, 3.05) is 11.9 Å². The molecular formula is C27H29N3O2. The molecule has 5 nitrogen and oxygen atoms in total. The van der Waals surface area contributed by atoms with Gasteiger partial charge in [-0.05, 0) is 61.1 Å². The molecule has 5 heteroatoms. The highest BCUT2D eigenvalue weighted by Gasteiger charge is 2.25. The summed E-state index contributed by atoms with van der Waals surface area (Å²) in [5, 5.41) is 9.28. The van der Waals surface area contributed by atoms with E-state index in [-0.39, 0.29) is 30.4 Å². The molecule has 3 N–H and O–H groups in total. The van der Waals surface area contributed by atoms with Crippen LogP contribution in [0.1, 0.15) is 51.5 Å². The van der Waals surface area contributed by atoms with Crippen molar-refractivity contribution in [2.45, 2.75) is 38.8 Å². The minimum Gasteiger partial charge on any atom is -0.349 e. The summed E-state index contributed by atoms with van der Waals surface area (Å²) >= 11 is 0. The Balaban J connectivity index is 1.47. The van der Waals surface area contributed by atoms with Crippen LogP contribution in [0.15, 0.2) is 72.8 Å². The minimum atomic E-state index is -0.193. The van der Waals surface area contributed by atoms with E-state index in [1.54, 1.807) is 18.2 Å². The van der Waals surface area contributed by atoms with Gasteiger partial charge in [0.15, 0.2) is 0 Å². The van der Waals surface area contributed by atoms with Crippen molar-refractivity contribution in [2.24, 2.45) is 0 Å². The van der Waals surface area contributed by atoms with Crippen LogP contribution >= 0.6 is 0 Å². The number of carbonyl (C=O) groups excluding carboxylic acids is 2. The third-order valence-corrected chi connectivity index (χ3v) is 5.82. The Bertz CT molecular complexity index is 1110. The molecule has 3 aromatic rings. The lowest BCUT2D eigenvalue weighted by atomic mass is 9.95. The van der Waals surface area contributed by atoms with Crippen LogP contribution in [-0.2, 0) is 4.79 Å². The molecule has 4 rings (SSSR count). The Hall–Kier alpha value is -3.44. The summed E-state index contributed by atoms with van der Waals surface area (Å²) in [6.07, 6.45) is 2.03. The van der Waals surface area contributed by atoms with Crippen LogP contribution in [0.5, 0.6) is 0 Å². The minimum absolute atomic E-state index is 0.116. The Kier molecular flexibility index (Phi) is 6.66. The molecule has 0 aliphatic heterocycles. The molecule has 32 heavy (non-hydrogen) atoms. The molecule has 3 aromatic carbocycles. The van der Waals surface area contributed by atoms with Crippen LogP contribution in [0.3, 0.4) is 0 Å². The van der Waals surface area contributed by atoms with E-state index >= 15 is 0 Å². The number of nitrogens with one attached hydrogen (secondary N) is 3. The molecule has 0 aromatic heterocycles. The zero-order valence-corrected chi connectivity index (χ0v) is 18.5. The average molecular weight is 428 g/mol. The fourth-order valence-corrected chi connectivity index (χ4v) is 3.69. The molecule has 1 atom stereocenters. The van der Waals surface area contributed by atoms with Crippen molar-refractivity contribution < 1.29 is 9.59 Å². The largest absolute Gasteiger partial charge is 0.349 e. The third-order valence-electron chi connectivity index (χ3n) is 5.82. The van der Waals surface area contributed by atoms with E-state index < -0.39 is 0 Å². The maximum Gasteiger partial charge on any atom is 0.253 e. The summed E-state index contributed by atoms with van der Waals surface area (Å²) in [5.74, 6) is -0.338. The van der Waals surface area contributed by atoms with Crippen molar-refractivity contribution in [1.29, 1.82) is 0 Å². The molecule has 0 heterocycles. The SMILES string of the molecule is Cc1ccc([C@@H](NCC(=O)Nc2ccccc2C(=O)NC2CC2)c2ccccc2)cc1C. The summed E-state index contributed by atoms with van der Waals surface area (Å²) < 4.78 is 0. The van der Waals surface area contributed by atoms with Crippen molar-refractivity contribution in [3.8, 4) is 0 Å². The Morgan fingerprint density at radius 3 is 2.31 bits per heavy atom. The van der Waals surface area contributed by atoms with E-state index in [0.29, 0.717) is 11.3 Å². The van der Waals surface area contributed by atoms with Gasteiger partial charge in [0.05, 0.1) is 23.8 Å². The van der Waals surface area contributed by atoms with E-state index in [1.165, 1.54) is 11.1 Å². The number of anilines is 1. The number of amides is 2. The zero-order chi connectivity index (χ0) is 22.5. The molecule has 1 saturated carbocycles. The standard InChI is InChI=1S/C27H29N3O2/c1-18-12-13-21(16-19(18)2)26(20-8-4-3-5-9-20)28-17-25(31)30-24-11-7-6-10-23(24)27(32)29-22-14-15-22/h3-13,16,22,26,28H,14-15,17H2,1-2H3,(H,29,32)(H,30,31)/t26-/m0/s1. The van der Waals surface area contributed by atoms with Gasteiger partial charge >= 0.3 is 0 Å². The smallest absolute Gasteiger partial charge is 0.253 e. The maximum absolute atomic E-state index is 12.8. The van der Waals surface area contributed by atoms with Crippen molar-refractivity contribution in [3.63, 3.8) is 0 Å². The first kappa shape index (κ1) is 21.8. The van der Waals surface area contributed by atoms with E-state index in [9.17, 15) is 9.59 Å². The van der Waals surface area contributed by atoms with Crippen LogP contribution < -0.4 is 16.0 Å². The highest BCUT2D eigenvalue weighted by molar-refractivity contribution is 6.04. The molecule has 0 bridgehead atoms. The van der Waals surface area contributed by atoms with Crippen LogP contribution in [-0.4, -0.2) is 24.4 Å². The summed E-state index contributed by atoms with van der Waals surface area (Å²) in [4.78, 5) is 25.3. The van der Waals surface area contributed by atoms with Crippen molar-refractivity contribution in [1.82, 2.24) is 10.6 Å². The number of hydrogen-bond acceptors (Lipinski definition) is 3. The second-order valence-electron chi connectivity index (χ2n) is 8.41. The molecule has 1 aliphatic rings. The number of aryl methyl sites for hydroxylation is 2. The van der Waals surface area contributed by atoms with Crippen LogP contribution in [0.25, 0.3) is 0 Å². The number of benzene rings is 3. The lowest BCUT2D eigenvalue weighted by Crippen LogP contribution is -2.33. The highest BCUT2D eigenvalue weighted by atomic mass is 16.2. The monoisotopic (exact) mass is 427 g/mol. The first-order chi connectivity index (χ1) is 15.5. The molecular weight excluding hydrogens is 398 g/mol. The van der Waals surface area contributed by atoms with Gasteiger partial charge in [-0.15, -0.1) is 0 Å². The summed E-state index contributed by atoms with van der Waals surface area (Å²) in [5.41, 5.74) is 5.66. The zero-order valence-electron chi connectivity index (χ0n) is 18.5. The summed E-state index contributed by atoms with van der Waals surface area (Å²) in [6, 6.07) is 23.7. The van der Waals surface area contributed by atoms with Gasteiger partial charge in [-0.1, -0.05) is 60.7 Å². The fraction of sp³-hybridized carbons (Fsp3) is 0.259. The van der Waals surface area contributed by atoms with Gasteiger partial charge < -0.3 is 10.6 Å². The Morgan fingerprint density at radius 2 is 1.59 bits per heavy atom. The molecule has 1 aliphatic carbocycles. The van der Waals surface area contributed by atoms with E-state index in [4.69, 9.17) is 0 Å². The lowest BCUT2D eigenvalue weighted by molar-refractivity contribution is -0.115. The van der Waals surface area contributed by atoms with Gasteiger partial charge in [0.2, 0.25) is 5.91 Å². The van der Waals surface area contributed by atoms with E-state index in [2.05, 4.69) is 60.1 Å². The predicted molar refractivity (Wildman–Crippen MR) is 128 cm³/mol. The molecule has 0 radical (unpaired) electrons. The second kappa shape index (κ2) is 9.79. The maximum atomic E-state index is 12.8. The third kappa shape index (κ3) is 5.42. The highest BCUT2D eigenvalue weighted by Crippen LogP contribution is 2.24. The number of hydrogen-bond donors (Lipinski definition) is 3. The van der Waals surface area contributed by atoms with Crippen LogP contribution in [0, 0.1) is 13.8 Å². The Morgan fingerprint density at radius 1 is 0.875 bits per heavy atom. The van der Waals surface area contributed by atoms with Crippen molar-refractivity contribution in [3.05, 3.63) is 101 Å². The Labute approximate surface area is 189 Å². The fourth-order valence-electron chi connectivity index (χ4n) is 3.69. The van der Waals surface area contributed by atoms with Gasteiger partial charge in [-0.2, -0.15) is 0 Å². The molecule has 1 fully saturated rings. The van der Waals surface area contributed by atoms with Gasteiger partial charge in [-0.25, -0.2) is 0 Å². The number of rotatable bonds is 8. The predicted octanol–water partition coefficient (Wildman–Crippen LogP) is 4.51. The lowest BCUT2D eigenvalue weighted by Gasteiger charge is -2.21. The quantitative estimate of drug-likeness (QED) is 0.495. The number of para-hydroxylation sites is 1. The van der Waals surface area contributed by atoms with E-state index in [1.807, 2.05) is 24.3 Å². The summed E-state index contributed by atoms with van der Waals surface area (Å²) in [6.45, 7) is 4.30. The average Bonchev–Trinajstić information content (AvgIpc) is 3.61. The van der Waals surface area contributed by atoms with E-state index in [0.717, 1.165) is 24.0 Å². The first-order valence-electron chi connectivity index (χ1n) is 11.1. The normalized spacial score (nSPS) is 13.9. The van der Waals surface area contributed by atoms with Gasteiger partial charge in [0, 0.05) is 6.04 Å². The van der Waals surface area contributed by atoms with Crippen LogP contribution in [0.4, 0.5) is 5.69 Å². The molecule has 0 saturated heterocycles.